The van der Waals surface area contributed by atoms with Crippen LogP contribution in [-0.4, -0.2) is 54.1 Å². The fourth-order valence-corrected chi connectivity index (χ4v) is 1.65. The van der Waals surface area contributed by atoms with E-state index in [0.717, 1.165) is 4.90 Å². The molecule has 1 heterocycles. The minimum atomic E-state index is -4.99. The van der Waals surface area contributed by atoms with Crippen molar-refractivity contribution in [1.29, 1.82) is 0 Å². The average molecular weight is 256 g/mol. The molecule has 1 unspecified atom stereocenters. The third-order valence-electron chi connectivity index (χ3n) is 2.39. The predicted molar refractivity (Wildman–Crippen MR) is 48.1 cm³/mol. The largest absolute Gasteiger partial charge is 0.471 e. The summed E-state index contributed by atoms with van der Waals surface area (Å²) in [5.41, 5.74) is 0. The van der Waals surface area contributed by atoms with Crippen molar-refractivity contribution in [2.45, 2.75) is 24.9 Å². The van der Waals surface area contributed by atoms with E-state index in [0.29, 0.717) is 0 Å². The normalized spacial score (nSPS) is 24.8. The van der Waals surface area contributed by atoms with E-state index in [-0.39, 0.29) is 13.0 Å². The second-order valence-corrected chi connectivity index (χ2v) is 3.47. The van der Waals surface area contributed by atoms with Gasteiger partial charge in [0.1, 0.15) is 0 Å². The number of amides is 2. The summed E-state index contributed by atoms with van der Waals surface area (Å²) in [5, 5.41) is 10.4. The van der Waals surface area contributed by atoms with Crippen molar-refractivity contribution >= 4 is 12.0 Å². The minimum Gasteiger partial charge on any atom is -0.465 e. The molecule has 1 fully saturated rings. The number of alkyl halides is 3. The molecule has 0 aliphatic carbocycles. The number of carboxylic acid groups (broad SMARTS) is 1. The fraction of sp³-hybridized carbons (Fsp3) is 0.750. The summed E-state index contributed by atoms with van der Waals surface area (Å²) in [4.78, 5) is 22.2. The molecule has 0 aromatic rings. The molecule has 0 saturated carbocycles. The Morgan fingerprint density at radius 3 is 2.47 bits per heavy atom. The van der Waals surface area contributed by atoms with Crippen LogP contribution in [0.2, 0.25) is 0 Å². The summed E-state index contributed by atoms with van der Waals surface area (Å²) in [6.45, 7) is 0.0106. The molecule has 1 aliphatic rings. The van der Waals surface area contributed by atoms with Crippen molar-refractivity contribution in [3.63, 3.8) is 0 Å². The molecule has 1 rings (SSSR count). The number of nitrogens with one attached hydrogen (secondary N) is 1. The van der Waals surface area contributed by atoms with Crippen LogP contribution in [0.3, 0.4) is 0 Å². The molecule has 0 bridgehead atoms. The van der Waals surface area contributed by atoms with Gasteiger partial charge in [0.25, 0.3) is 0 Å². The smallest absolute Gasteiger partial charge is 0.465 e. The van der Waals surface area contributed by atoms with Gasteiger partial charge in [-0.15, -0.1) is 0 Å². The van der Waals surface area contributed by atoms with Gasteiger partial charge >= 0.3 is 18.2 Å². The van der Waals surface area contributed by atoms with E-state index in [1.54, 1.807) is 5.32 Å². The Bertz CT molecular complexity index is 320. The number of likely N-dealkylation sites (tertiary alicyclic amines) is 1. The molecule has 0 spiro atoms. The lowest BCUT2D eigenvalue weighted by atomic mass is 10.2. The zero-order chi connectivity index (χ0) is 13.2. The quantitative estimate of drug-likeness (QED) is 0.749. The van der Waals surface area contributed by atoms with E-state index in [9.17, 15) is 22.8 Å². The zero-order valence-electron chi connectivity index (χ0n) is 8.82. The first-order chi connectivity index (χ1) is 7.77. The fourth-order valence-electron chi connectivity index (χ4n) is 1.65. The molecule has 2 amide bonds. The molecule has 2 atom stereocenters. The van der Waals surface area contributed by atoms with Crippen LogP contribution in [-0.2, 0) is 9.53 Å². The number of nitrogens with zero attached hydrogens (tertiary/aromatic N) is 1. The zero-order valence-corrected chi connectivity index (χ0v) is 8.82. The SMILES string of the molecule is COC1[C@@H](NC(=O)C(F)(F)F)CCN1C(=O)O. The summed E-state index contributed by atoms with van der Waals surface area (Å²) in [7, 11) is 1.17. The summed E-state index contributed by atoms with van der Waals surface area (Å²) in [5.74, 6) is -2.10. The van der Waals surface area contributed by atoms with Crippen LogP contribution in [0.15, 0.2) is 0 Å². The van der Waals surface area contributed by atoms with Gasteiger partial charge in [0, 0.05) is 13.7 Å². The molecule has 1 saturated heterocycles. The maximum Gasteiger partial charge on any atom is 0.471 e. The Morgan fingerprint density at radius 1 is 1.47 bits per heavy atom. The summed E-state index contributed by atoms with van der Waals surface area (Å²) in [6.07, 6.45) is -7.32. The number of rotatable bonds is 2. The molecular formula is C8H11F3N2O4. The number of carbonyl (C=O) groups is 2. The van der Waals surface area contributed by atoms with Crippen LogP contribution < -0.4 is 5.32 Å². The highest BCUT2D eigenvalue weighted by molar-refractivity contribution is 5.82. The van der Waals surface area contributed by atoms with Crippen LogP contribution in [0.25, 0.3) is 0 Å². The maximum atomic E-state index is 12.0. The summed E-state index contributed by atoms with van der Waals surface area (Å²) in [6, 6.07) is -0.995. The van der Waals surface area contributed by atoms with Gasteiger partial charge < -0.3 is 15.2 Å². The second kappa shape index (κ2) is 4.78. The van der Waals surface area contributed by atoms with E-state index in [1.807, 2.05) is 0 Å². The lowest BCUT2D eigenvalue weighted by Crippen LogP contribution is -2.50. The Morgan fingerprint density at radius 2 is 2.06 bits per heavy atom. The molecule has 0 aromatic carbocycles. The van der Waals surface area contributed by atoms with E-state index in [4.69, 9.17) is 9.84 Å². The number of hydrogen-bond acceptors (Lipinski definition) is 3. The van der Waals surface area contributed by atoms with Gasteiger partial charge in [-0.1, -0.05) is 0 Å². The van der Waals surface area contributed by atoms with Crippen molar-refractivity contribution in [1.82, 2.24) is 10.2 Å². The molecule has 98 valence electrons. The molecule has 17 heavy (non-hydrogen) atoms. The van der Waals surface area contributed by atoms with Crippen LogP contribution in [0.5, 0.6) is 0 Å². The van der Waals surface area contributed by atoms with Crippen LogP contribution >= 0.6 is 0 Å². The van der Waals surface area contributed by atoms with Crippen molar-refractivity contribution in [2.24, 2.45) is 0 Å². The first-order valence-electron chi connectivity index (χ1n) is 4.67. The van der Waals surface area contributed by atoms with Gasteiger partial charge in [-0.3, -0.25) is 9.69 Å². The van der Waals surface area contributed by atoms with Crippen LogP contribution in [0.4, 0.5) is 18.0 Å². The Hall–Kier alpha value is -1.51. The molecule has 0 aromatic heterocycles. The standard InChI is InChI=1S/C8H11F3N2O4/c1-17-5-4(2-3-13(5)7(15)16)12-6(14)8(9,10)11/h4-5H,2-3H2,1H3,(H,12,14)(H,15,16)/t4-,5?/m0/s1. The number of hydrogen-bond donors (Lipinski definition) is 2. The Labute approximate surface area is 94.3 Å². The van der Waals surface area contributed by atoms with E-state index < -0.39 is 30.4 Å². The van der Waals surface area contributed by atoms with Crippen LogP contribution in [0.1, 0.15) is 6.42 Å². The highest BCUT2D eigenvalue weighted by atomic mass is 19.4. The van der Waals surface area contributed by atoms with Crippen molar-refractivity contribution in [3.8, 4) is 0 Å². The maximum absolute atomic E-state index is 12.0. The van der Waals surface area contributed by atoms with Gasteiger partial charge in [0.15, 0.2) is 6.23 Å². The minimum absolute atomic E-state index is 0.0106. The van der Waals surface area contributed by atoms with E-state index in [1.165, 1.54) is 7.11 Å². The lowest BCUT2D eigenvalue weighted by molar-refractivity contribution is -0.175. The third kappa shape index (κ3) is 2.99. The highest BCUT2D eigenvalue weighted by Crippen LogP contribution is 2.21. The first kappa shape index (κ1) is 13.6. The van der Waals surface area contributed by atoms with Crippen molar-refractivity contribution in [3.05, 3.63) is 0 Å². The molecule has 6 nitrogen and oxygen atoms in total. The number of ether oxygens (including phenoxy) is 1. The van der Waals surface area contributed by atoms with Gasteiger partial charge in [0.05, 0.1) is 6.04 Å². The Kier molecular flexibility index (Phi) is 3.81. The molecular weight excluding hydrogens is 245 g/mol. The highest BCUT2D eigenvalue weighted by Gasteiger charge is 2.44. The van der Waals surface area contributed by atoms with Gasteiger partial charge in [-0.05, 0) is 6.42 Å². The van der Waals surface area contributed by atoms with Gasteiger partial charge in [0.2, 0.25) is 0 Å². The predicted octanol–water partition coefficient (Wildman–Crippen LogP) is 0.390. The van der Waals surface area contributed by atoms with Crippen LogP contribution in [0, 0.1) is 0 Å². The molecule has 9 heteroatoms. The first-order valence-corrected chi connectivity index (χ1v) is 4.67. The van der Waals surface area contributed by atoms with Gasteiger partial charge in [-0.2, -0.15) is 13.2 Å². The third-order valence-corrected chi connectivity index (χ3v) is 2.39. The monoisotopic (exact) mass is 256 g/mol. The Balaban J connectivity index is 2.67. The molecule has 1 aliphatic heterocycles. The lowest BCUT2D eigenvalue weighted by Gasteiger charge is -2.25. The van der Waals surface area contributed by atoms with Crippen molar-refractivity contribution in [2.75, 3.05) is 13.7 Å². The number of halogens is 3. The molecule has 2 N–H and O–H groups in total. The summed E-state index contributed by atoms with van der Waals surface area (Å²) < 4.78 is 40.8. The van der Waals surface area contributed by atoms with Crippen molar-refractivity contribution < 1.29 is 32.6 Å². The number of carbonyl (C=O) groups excluding carboxylic acids is 1. The van der Waals surface area contributed by atoms with E-state index >= 15 is 0 Å². The topological polar surface area (TPSA) is 78.9 Å². The average Bonchev–Trinajstić information content (AvgIpc) is 2.59. The summed E-state index contributed by atoms with van der Waals surface area (Å²) >= 11 is 0. The van der Waals surface area contributed by atoms with Gasteiger partial charge in [-0.25, -0.2) is 4.79 Å². The molecule has 0 radical (unpaired) electrons. The second-order valence-electron chi connectivity index (χ2n) is 3.47. The number of methoxy groups -OCH3 is 1. The van der Waals surface area contributed by atoms with E-state index in [2.05, 4.69) is 0 Å².